The van der Waals surface area contributed by atoms with Crippen molar-refractivity contribution in [2.24, 2.45) is 5.92 Å². The molecule has 1 aliphatic rings. The van der Waals surface area contributed by atoms with Crippen LogP contribution in [-0.2, 0) is 0 Å². The van der Waals surface area contributed by atoms with E-state index >= 15 is 0 Å². The van der Waals surface area contributed by atoms with Crippen LogP contribution in [0.2, 0.25) is 0 Å². The highest BCUT2D eigenvalue weighted by Crippen LogP contribution is 2.25. The monoisotopic (exact) mass is 222 g/mol. The van der Waals surface area contributed by atoms with Crippen LogP contribution in [0.3, 0.4) is 0 Å². The van der Waals surface area contributed by atoms with Gasteiger partial charge in [-0.15, -0.1) is 0 Å². The number of nitrogens with zero attached hydrogens (tertiary/aromatic N) is 2. The zero-order valence-electron chi connectivity index (χ0n) is 9.04. The lowest BCUT2D eigenvalue weighted by Gasteiger charge is -2.17. The molecule has 0 aliphatic carbocycles. The lowest BCUT2D eigenvalue weighted by molar-refractivity contribution is -0.384. The third-order valence-corrected chi connectivity index (χ3v) is 3.00. The number of benzene rings is 1. The number of β-amino-alcohol motifs (C(OH)–C–C–N with tert-alkyl or cyclic N) is 1. The van der Waals surface area contributed by atoms with Gasteiger partial charge in [0.1, 0.15) is 0 Å². The van der Waals surface area contributed by atoms with Crippen molar-refractivity contribution < 1.29 is 10.0 Å². The van der Waals surface area contributed by atoms with Crippen LogP contribution in [0.1, 0.15) is 6.92 Å². The Bertz CT molecular complexity index is 381. The zero-order chi connectivity index (χ0) is 11.7. The molecular weight excluding hydrogens is 208 g/mol. The molecule has 1 heterocycles. The number of nitro groups is 1. The van der Waals surface area contributed by atoms with Gasteiger partial charge in [0.25, 0.3) is 5.69 Å². The van der Waals surface area contributed by atoms with Crippen LogP contribution in [0.5, 0.6) is 0 Å². The van der Waals surface area contributed by atoms with Gasteiger partial charge in [0.15, 0.2) is 0 Å². The molecule has 0 aromatic heterocycles. The Morgan fingerprint density at radius 2 is 2.00 bits per heavy atom. The largest absolute Gasteiger partial charge is 0.391 e. The summed E-state index contributed by atoms with van der Waals surface area (Å²) in [5.41, 5.74) is 1.02. The summed E-state index contributed by atoms with van der Waals surface area (Å²) in [6.45, 7) is 3.38. The van der Waals surface area contributed by atoms with Crippen molar-refractivity contribution in [3.8, 4) is 0 Å². The third kappa shape index (κ3) is 1.99. The van der Waals surface area contributed by atoms with Gasteiger partial charge in [-0.05, 0) is 12.1 Å². The number of aliphatic hydroxyl groups excluding tert-OH is 1. The van der Waals surface area contributed by atoms with E-state index in [1.165, 1.54) is 12.1 Å². The smallest absolute Gasteiger partial charge is 0.269 e. The Kier molecular flexibility index (Phi) is 2.78. The highest BCUT2D eigenvalue weighted by atomic mass is 16.6. The van der Waals surface area contributed by atoms with Crippen LogP contribution in [0.15, 0.2) is 24.3 Å². The zero-order valence-corrected chi connectivity index (χ0v) is 9.04. The van der Waals surface area contributed by atoms with Crippen molar-refractivity contribution in [1.29, 1.82) is 0 Å². The topological polar surface area (TPSA) is 66.6 Å². The van der Waals surface area contributed by atoms with Crippen LogP contribution in [0.4, 0.5) is 11.4 Å². The van der Waals surface area contributed by atoms with Crippen LogP contribution in [0.25, 0.3) is 0 Å². The van der Waals surface area contributed by atoms with Gasteiger partial charge < -0.3 is 10.0 Å². The second kappa shape index (κ2) is 4.09. The first-order valence-corrected chi connectivity index (χ1v) is 5.25. The van der Waals surface area contributed by atoms with Crippen molar-refractivity contribution in [3.63, 3.8) is 0 Å². The first-order chi connectivity index (χ1) is 7.58. The molecule has 5 heteroatoms. The van der Waals surface area contributed by atoms with E-state index in [-0.39, 0.29) is 17.7 Å². The number of hydrogen-bond donors (Lipinski definition) is 1. The molecule has 1 N–H and O–H groups in total. The number of rotatable bonds is 2. The lowest BCUT2D eigenvalue weighted by atomic mass is 10.1. The molecule has 16 heavy (non-hydrogen) atoms. The molecule has 0 amide bonds. The third-order valence-electron chi connectivity index (χ3n) is 3.00. The molecule has 2 atom stereocenters. The molecule has 5 nitrogen and oxygen atoms in total. The molecular formula is C11H14N2O3. The maximum absolute atomic E-state index is 10.5. The van der Waals surface area contributed by atoms with Gasteiger partial charge in [-0.25, -0.2) is 0 Å². The standard InChI is InChI=1S/C11H14N2O3/c1-8-6-12(7-11(8)14)9-2-4-10(5-3-9)13(15)16/h2-5,8,11,14H,6-7H2,1H3/t8-,11-/m1/s1. The first kappa shape index (κ1) is 10.9. The van der Waals surface area contributed by atoms with E-state index < -0.39 is 4.92 Å². The summed E-state index contributed by atoms with van der Waals surface area (Å²) in [6.07, 6.45) is -0.310. The predicted octanol–water partition coefficient (Wildman–Crippen LogP) is 1.41. The first-order valence-electron chi connectivity index (χ1n) is 5.25. The van der Waals surface area contributed by atoms with E-state index in [2.05, 4.69) is 0 Å². The van der Waals surface area contributed by atoms with Crippen LogP contribution >= 0.6 is 0 Å². The van der Waals surface area contributed by atoms with Gasteiger partial charge in [-0.1, -0.05) is 6.92 Å². The van der Waals surface area contributed by atoms with Crippen molar-refractivity contribution in [2.45, 2.75) is 13.0 Å². The second-order valence-electron chi connectivity index (χ2n) is 4.22. The molecule has 0 unspecified atom stereocenters. The van der Waals surface area contributed by atoms with E-state index in [0.29, 0.717) is 6.54 Å². The molecule has 1 aliphatic heterocycles. The molecule has 0 saturated carbocycles. The quantitative estimate of drug-likeness (QED) is 0.607. The van der Waals surface area contributed by atoms with Gasteiger partial charge in [0.2, 0.25) is 0 Å². The lowest BCUT2D eigenvalue weighted by Crippen LogP contribution is -2.20. The van der Waals surface area contributed by atoms with Crippen LogP contribution < -0.4 is 4.90 Å². The van der Waals surface area contributed by atoms with E-state index in [4.69, 9.17) is 0 Å². The molecule has 0 radical (unpaired) electrons. The Labute approximate surface area is 93.5 Å². The predicted molar refractivity (Wildman–Crippen MR) is 60.5 cm³/mol. The average Bonchev–Trinajstić information content (AvgIpc) is 2.59. The normalized spacial score (nSPS) is 24.8. The fourth-order valence-corrected chi connectivity index (χ4v) is 1.95. The van der Waals surface area contributed by atoms with Crippen molar-refractivity contribution in [2.75, 3.05) is 18.0 Å². The molecule has 1 saturated heterocycles. The Hall–Kier alpha value is -1.62. The van der Waals surface area contributed by atoms with Gasteiger partial charge in [0, 0.05) is 36.8 Å². The summed E-state index contributed by atoms with van der Waals surface area (Å²) < 4.78 is 0. The Morgan fingerprint density at radius 1 is 1.38 bits per heavy atom. The summed E-state index contributed by atoms with van der Waals surface area (Å²) >= 11 is 0. The Balaban J connectivity index is 2.14. The molecule has 1 aromatic rings. The van der Waals surface area contributed by atoms with Crippen molar-refractivity contribution >= 4 is 11.4 Å². The van der Waals surface area contributed by atoms with E-state index in [1.54, 1.807) is 12.1 Å². The second-order valence-corrected chi connectivity index (χ2v) is 4.22. The fraction of sp³-hybridized carbons (Fsp3) is 0.455. The summed E-state index contributed by atoms with van der Waals surface area (Å²) in [6, 6.07) is 6.43. The van der Waals surface area contributed by atoms with Crippen molar-refractivity contribution in [3.05, 3.63) is 34.4 Å². The highest BCUT2D eigenvalue weighted by Gasteiger charge is 2.27. The van der Waals surface area contributed by atoms with Gasteiger partial charge >= 0.3 is 0 Å². The average molecular weight is 222 g/mol. The summed E-state index contributed by atoms with van der Waals surface area (Å²) in [5.74, 6) is 0.246. The van der Waals surface area contributed by atoms with Gasteiger partial charge in [-0.2, -0.15) is 0 Å². The number of aliphatic hydroxyl groups is 1. The minimum atomic E-state index is -0.411. The van der Waals surface area contributed by atoms with Crippen molar-refractivity contribution in [1.82, 2.24) is 0 Å². The molecule has 0 bridgehead atoms. The maximum Gasteiger partial charge on any atom is 0.269 e. The molecule has 1 fully saturated rings. The molecule has 1 aromatic carbocycles. The van der Waals surface area contributed by atoms with Gasteiger partial charge in [-0.3, -0.25) is 10.1 Å². The number of hydrogen-bond acceptors (Lipinski definition) is 4. The summed E-state index contributed by atoms with van der Waals surface area (Å²) in [7, 11) is 0. The minimum absolute atomic E-state index is 0.0940. The SMILES string of the molecule is C[C@@H]1CN(c2ccc([N+](=O)[O-])cc2)C[C@H]1O. The van der Waals surface area contributed by atoms with E-state index in [9.17, 15) is 15.2 Å². The molecule has 86 valence electrons. The Morgan fingerprint density at radius 3 is 2.44 bits per heavy atom. The van der Waals surface area contributed by atoms with E-state index in [0.717, 1.165) is 12.2 Å². The fourth-order valence-electron chi connectivity index (χ4n) is 1.95. The van der Waals surface area contributed by atoms with Gasteiger partial charge in [0.05, 0.1) is 11.0 Å². The summed E-state index contributed by atoms with van der Waals surface area (Å²) in [4.78, 5) is 12.1. The summed E-state index contributed by atoms with van der Waals surface area (Å²) in [5, 5.41) is 20.1. The number of anilines is 1. The number of nitro benzene ring substituents is 1. The minimum Gasteiger partial charge on any atom is -0.391 e. The van der Waals surface area contributed by atoms with Crippen LogP contribution in [-0.4, -0.2) is 29.2 Å². The molecule has 0 spiro atoms. The van der Waals surface area contributed by atoms with Crippen LogP contribution in [0, 0.1) is 16.0 Å². The van der Waals surface area contributed by atoms with E-state index in [1.807, 2.05) is 11.8 Å². The molecule has 2 rings (SSSR count). The number of non-ortho nitro benzene ring substituents is 1. The maximum atomic E-state index is 10.5. The highest BCUT2D eigenvalue weighted by molar-refractivity contribution is 5.51.